The number of aliphatic hydroxyl groups excluding tert-OH is 1. The van der Waals surface area contributed by atoms with Crippen molar-refractivity contribution in [2.24, 2.45) is 5.41 Å². The zero-order chi connectivity index (χ0) is 19.1. The van der Waals surface area contributed by atoms with Crippen LogP contribution in [0.3, 0.4) is 0 Å². The number of hydrazine groups is 1. The van der Waals surface area contributed by atoms with Crippen LogP contribution in [0.25, 0.3) is 0 Å². The van der Waals surface area contributed by atoms with E-state index in [1.165, 1.54) is 0 Å². The smallest absolute Gasteiger partial charge is 0.241 e. The molecule has 3 N–H and O–H groups in total. The molecule has 0 saturated carbocycles. The first-order valence-electron chi connectivity index (χ1n) is 9.73. The third kappa shape index (κ3) is 2.78. The number of likely N-dealkylation sites (tertiary alicyclic amines) is 1. The van der Waals surface area contributed by atoms with E-state index in [0.717, 1.165) is 17.0 Å². The van der Waals surface area contributed by atoms with Gasteiger partial charge in [-0.25, -0.2) is 10.9 Å². The van der Waals surface area contributed by atoms with Gasteiger partial charge in [0.1, 0.15) is 11.8 Å². The largest absolute Gasteiger partial charge is 0.493 e. The van der Waals surface area contributed by atoms with Crippen LogP contribution in [-0.2, 0) is 4.79 Å². The molecular weight excluding hydrogens is 356 g/mol. The van der Waals surface area contributed by atoms with Gasteiger partial charge >= 0.3 is 0 Å². The number of rotatable bonds is 3. The van der Waals surface area contributed by atoms with E-state index < -0.39 is 5.41 Å². The van der Waals surface area contributed by atoms with E-state index >= 15 is 0 Å². The molecule has 3 aliphatic heterocycles. The van der Waals surface area contributed by atoms with E-state index in [4.69, 9.17) is 4.74 Å². The minimum absolute atomic E-state index is 0.00267. The monoisotopic (exact) mass is 380 g/mol. The predicted octanol–water partition coefficient (Wildman–Crippen LogP) is 0.986. The number of fused-ring (bicyclic) bond motifs is 3. The molecule has 146 valence electrons. The third-order valence-corrected chi connectivity index (χ3v) is 6.33. The molecule has 3 aliphatic rings. The Labute approximate surface area is 163 Å². The second-order valence-corrected chi connectivity index (χ2v) is 8.00. The van der Waals surface area contributed by atoms with Gasteiger partial charge in [0.05, 0.1) is 30.4 Å². The Kier molecular flexibility index (Phi) is 4.30. The fraction of sp³-hybridized carbons (Fsp3) is 0.429. The van der Waals surface area contributed by atoms with E-state index in [0.29, 0.717) is 26.1 Å². The van der Waals surface area contributed by atoms with Crippen molar-refractivity contribution >= 4 is 5.91 Å². The Morgan fingerprint density at radius 2 is 2.11 bits per heavy atom. The van der Waals surface area contributed by atoms with Gasteiger partial charge in [0, 0.05) is 25.2 Å². The summed E-state index contributed by atoms with van der Waals surface area (Å²) in [6.45, 7) is 1.55. The highest BCUT2D eigenvalue weighted by atomic mass is 16.5. The van der Waals surface area contributed by atoms with Crippen molar-refractivity contribution in [2.75, 3.05) is 26.3 Å². The summed E-state index contributed by atoms with van der Waals surface area (Å²) in [6.07, 6.45) is 2.41. The van der Waals surface area contributed by atoms with Gasteiger partial charge in [0.2, 0.25) is 5.91 Å². The highest BCUT2D eigenvalue weighted by molar-refractivity contribution is 5.83. The minimum atomic E-state index is -0.434. The van der Waals surface area contributed by atoms with Crippen molar-refractivity contribution in [3.05, 3.63) is 59.9 Å². The minimum Gasteiger partial charge on any atom is -0.493 e. The average Bonchev–Trinajstić information content (AvgIpc) is 3.40. The number of amides is 1. The topological polar surface area (TPSA) is 86.7 Å². The standard InChI is InChI=1S/C21H24N4O3/c26-12-21-11-25(10-15(21)14-5-1-2-7-19(14)28-13-21)20(27)18-9-17(23-24-18)16-6-3-4-8-22-16/h1-8,15,17-18,23-24,26H,9-13H2/t15-,17?,18?,21-/m0/s1. The number of hydrogen-bond acceptors (Lipinski definition) is 6. The molecular formula is C21H24N4O3. The highest BCUT2D eigenvalue weighted by Gasteiger charge is 2.53. The molecule has 1 amide bonds. The van der Waals surface area contributed by atoms with Crippen LogP contribution in [0.1, 0.15) is 29.6 Å². The number of nitrogens with one attached hydrogen (secondary N) is 2. The maximum Gasteiger partial charge on any atom is 0.241 e. The van der Waals surface area contributed by atoms with Crippen LogP contribution < -0.4 is 15.6 Å². The second kappa shape index (κ2) is 6.84. The SMILES string of the molecule is O=C(C1CC(c2ccccn2)NN1)N1C[C@H]2c3ccccc3OC[C@@]2(CO)C1. The molecule has 7 nitrogen and oxygen atoms in total. The molecule has 28 heavy (non-hydrogen) atoms. The number of para-hydroxylation sites is 1. The van der Waals surface area contributed by atoms with Crippen LogP contribution in [0, 0.1) is 5.41 Å². The fourth-order valence-electron chi connectivity index (χ4n) is 4.75. The van der Waals surface area contributed by atoms with Crippen LogP contribution >= 0.6 is 0 Å². The fourth-order valence-corrected chi connectivity index (χ4v) is 4.75. The summed E-state index contributed by atoms with van der Waals surface area (Å²) in [5, 5.41) is 10.2. The number of nitrogens with zero attached hydrogens (tertiary/aromatic N) is 2. The first-order valence-corrected chi connectivity index (χ1v) is 9.73. The van der Waals surface area contributed by atoms with Crippen molar-refractivity contribution in [1.82, 2.24) is 20.7 Å². The normalized spacial score (nSPS) is 31.2. The number of aromatic nitrogens is 1. The summed E-state index contributed by atoms with van der Waals surface area (Å²) in [5.41, 5.74) is 7.91. The van der Waals surface area contributed by atoms with E-state index in [9.17, 15) is 9.90 Å². The highest BCUT2D eigenvalue weighted by Crippen LogP contribution is 2.49. The lowest BCUT2D eigenvalue weighted by Crippen LogP contribution is -2.46. The number of aliphatic hydroxyl groups is 1. The van der Waals surface area contributed by atoms with Crippen molar-refractivity contribution in [2.45, 2.75) is 24.4 Å². The lowest BCUT2D eigenvalue weighted by Gasteiger charge is -2.37. The summed E-state index contributed by atoms with van der Waals surface area (Å²) >= 11 is 0. The molecule has 0 radical (unpaired) electrons. The molecule has 2 aromatic rings. The third-order valence-electron chi connectivity index (χ3n) is 6.33. The van der Waals surface area contributed by atoms with Crippen LogP contribution in [-0.4, -0.2) is 53.2 Å². The van der Waals surface area contributed by atoms with Gasteiger partial charge in [-0.2, -0.15) is 0 Å². The zero-order valence-electron chi connectivity index (χ0n) is 15.5. The summed E-state index contributed by atoms with van der Waals surface area (Å²) in [4.78, 5) is 19.5. The number of carbonyl (C=O) groups is 1. The summed E-state index contributed by atoms with van der Waals surface area (Å²) in [5.74, 6) is 1.01. The molecule has 5 rings (SSSR count). The molecule has 1 aromatic heterocycles. The molecule has 7 heteroatoms. The number of pyridine rings is 1. The first kappa shape index (κ1) is 17.6. The Balaban J connectivity index is 1.33. The van der Waals surface area contributed by atoms with E-state index in [-0.39, 0.29) is 30.5 Å². The van der Waals surface area contributed by atoms with Crippen LogP contribution in [0.4, 0.5) is 0 Å². The first-order chi connectivity index (χ1) is 13.7. The molecule has 1 aromatic carbocycles. The Bertz CT molecular complexity index is 877. The quantitative estimate of drug-likeness (QED) is 0.736. The lowest BCUT2D eigenvalue weighted by molar-refractivity contribution is -0.132. The van der Waals surface area contributed by atoms with Gasteiger partial charge in [-0.1, -0.05) is 24.3 Å². The summed E-state index contributed by atoms with van der Waals surface area (Å²) < 4.78 is 5.93. The molecule has 0 bridgehead atoms. The predicted molar refractivity (Wildman–Crippen MR) is 102 cm³/mol. The second-order valence-electron chi connectivity index (χ2n) is 8.00. The van der Waals surface area contributed by atoms with Crippen LogP contribution in [0.2, 0.25) is 0 Å². The Morgan fingerprint density at radius 3 is 2.93 bits per heavy atom. The van der Waals surface area contributed by atoms with Gasteiger partial charge in [0.15, 0.2) is 0 Å². The molecule has 2 unspecified atom stereocenters. The molecule has 4 heterocycles. The van der Waals surface area contributed by atoms with Crippen LogP contribution in [0.15, 0.2) is 48.7 Å². The van der Waals surface area contributed by atoms with Gasteiger partial charge in [-0.05, 0) is 30.2 Å². The van der Waals surface area contributed by atoms with Crippen molar-refractivity contribution < 1.29 is 14.6 Å². The lowest BCUT2D eigenvalue weighted by atomic mass is 9.74. The van der Waals surface area contributed by atoms with Crippen molar-refractivity contribution in [3.8, 4) is 5.75 Å². The molecule has 4 atom stereocenters. The number of hydrogen-bond donors (Lipinski definition) is 3. The van der Waals surface area contributed by atoms with Crippen LogP contribution in [0.5, 0.6) is 5.75 Å². The Morgan fingerprint density at radius 1 is 1.25 bits per heavy atom. The molecule has 2 saturated heterocycles. The summed E-state index contributed by atoms with van der Waals surface area (Å²) in [6, 6.07) is 13.4. The van der Waals surface area contributed by atoms with Crippen molar-refractivity contribution in [1.29, 1.82) is 0 Å². The molecule has 0 spiro atoms. The van der Waals surface area contributed by atoms with E-state index in [1.807, 2.05) is 47.4 Å². The number of ether oxygens (including phenoxy) is 1. The maximum absolute atomic E-state index is 13.2. The van der Waals surface area contributed by atoms with Gasteiger partial charge in [0.25, 0.3) is 0 Å². The number of carbonyl (C=O) groups excluding carboxylic acids is 1. The van der Waals surface area contributed by atoms with Gasteiger partial charge in [-0.3, -0.25) is 9.78 Å². The van der Waals surface area contributed by atoms with E-state index in [1.54, 1.807) is 6.20 Å². The number of benzene rings is 1. The van der Waals surface area contributed by atoms with Gasteiger partial charge < -0.3 is 14.7 Å². The zero-order valence-corrected chi connectivity index (χ0v) is 15.5. The maximum atomic E-state index is 13.2. The average molecular weight is 380 g/mol. The van der Waals surface area contributed by atoms with Gasteiger partial charge in [-0.15, -0.1) is 0 Å². The molecule has 0 aliphatic carbocycles. The van der Waals surface area contributed by atoms with Crippen molar-refractivity contribution in [3.63, 3.8) is 0 Å². The summed E-state index contributed by atoms with van der Waals surface area (Å²) in [7, 11) is 0. The molecule has 2 fully saturated rings. The Hall–Kier alpha value is -2.48. The van der Waals surface area contributed by atoms with E-state index in [2.05, 4.69) is 15.8 Å².